The first kappa shape index (κ1) is 13.4. The number of rotatable bonds is 4. The van der Waals surface area contributed by atoms with Crippen molar-refractivity contribution in [3.05, 3.63) is 52.6 Å². The van der Waals surface area contributed by atoms with Crippen LogP contribution in [0.15, 0.2) is 24.5 Å². The molecular formula is C14H16FN3O. The molecule has 2 rings (SSSR count). The highest BCUT2D eigenvalue weighted by Crippen LogP contribution is 2.17. The second kappa shape index (κ2) is 5.75. The molecule has 0 radical (unpaired) electrons. The maximum Gasteiger partial charge on any atom is 0.223 e. The van der Waals surface area contributed by atoms with E-state index in [4.69, 9.17) is 5.11 Å². The molecule has 100 valence electrons. The van der Waals surface area contributed by atoms with Crippen LogP contribution < -0.4 is 5.32 Å². The summed E-state index contributed by atoms with van der Waals surface area (Å²) in [6, 6.07) is 3.91. The summed E-state index contributed by atoms with van der Waals surface area (Å²) >= 11 is 0. The lowest BCUT2D eigenvalue weighted by Crippen LogP contribution is -2.07. The molecule has 1 heterocycles. The molecule has 0 amide bonds. The van der Waals surface area contributed by atoms with Gasteiger partial charge in [0.05, 0.1) is 19.0 Å². The van der Waals surface area contributed by atoms with Crippen LogP contribution in [-0.2, 0) is 13.2 Å². The third-order valence-corrected chi connectivity index (χ3v) is 2.98. The number of aromatic nitrogens is 2. The number of halogens is 1. The van der Waals surface area contributed by atoms with E-state index in [-0.39, 0.29) is 6.61 Å². The first-order valence-corrected chi connectivity index (χ1v) is 6.01. The molecule has 0 aliphatic carbocycles. The lowest BCUT2D eigenvalue weighted by Gasteiger charge is -2.12. The zero-order valence-corrected chi connectivity index (χ0v) is 10.9. The Labute approximate surface area is 111 Å². The van der Waals surface area contributed by atoms with Crippen LogP contribution in [0, 0.1) is 19.7 Å². The molecule has 0 saturated carbocycles. The van der Waals surface area contributed by atoms with E-state index >= 15 is 0 Å². The Balaban J connectivity index is 2.13. The van der Waals surface area contributed by atoms with Gasteiger partial charge in [0.25, 0.3) is 0 Å². The topological polar surface area (TPSA) is 58.0 Å². The molecule has 0 spiro atoms. The minimum Gasteiger partial charge on any atom is -0.392 e. The number of aryl methyl sites for hydroxylation is 2. The molecular weight excluding hydrogens is 245 g/mol. The van der Waals surface area contributed by atoms with Gasteiger partial charge in [-0.1, -0.05) is 12.1 Å². The van der Waals surface area contributed by atoms with Gasteiger partial charge in [0.1, 0.15) is 0 Å². The van der Waals surface area contributed by atoms with E-state index in [1.807, 2.05) is 26.0 Å². The highest BCUT2D eigenvalue weighted by molar-refractivity contribution is 5.40. The molecule has 0 aliphatic rings. The molecule has 2 aromatic rings. The van der Waals surface area contributed by atoms with Gasteiger partial charge in [-0.3, -0.25) is 0 Å². The summed E-state index contributed by atoms with van der Waals surface area (Å²) in [5.41, 5.74) is 4.22. The monoisotopic (exact) mass is 261 g/mol. The normalized spacial score (nSPS) is 10.5. The van der Waals surface area contributed by atoms with Crippen molar-refractivity contribution in [2.24, 2.45) is 0 Å². The smallest absolute Gasteiger partial charge is 0.223 e. The summed E-state index contributed by atoms with van der Waals surface area (Å²) < 4.78 is 12.7. The summed E-state index contributed by atoms with van der Waals surface area (Å²) in [6.07, 6.45) is 2.26. The van der Waals surface area contributed by atoms with Crippen molar-refractivity contribution < 1.29 is 9.50 Å². The average Bonchev–Trinajstić information content (AvgIpc) is 2.39. The average molecular weight is 261 g/mol. The first-order chi connectivity index (χ1) is 9.10. The molecule has 0 saturated heterocycles. The maximum absolute atomic E-state index is 12.7. The number of hydrogen-bond acceptors (Lipinski definition) is 4. The number of anilines is 1. The van der Waals surface area contributed by atoms with E-state index in [1.165, 1.54) is 0 Å². The Morgan fingerprint density at radius 1 is 1.16 bits per heavy atom. The number of aliphatic hydroxyl groups excluding tert-OH is 1. The van der Waals surface area contributed by atoms with Gasteiger partial charge in [-0.2, -0.15) is 0 Å². The summed E-state index contributed by atoms with van der Waals surface area (Å²) in [5.74, 6) is -0.0587. The van der Waals surface area contributed by atoms with E-state index in [0.717, 1.165) is 34.6 Å². The molecule has 1 aromatic heterocycles. The van der Waals surface area contributed by atoms with Crippen molar-refractivity contribution in [1.29, 1.82) is 0 Å². The quantitative estimate of drug-likeness (QED) is 0.887. The number of hydrogen-bond donors (Lipinski definition) is 2. The molecule has 19 heavy (non-hydrogen) atoms. The summed E-state index contributed by atoms with van der Waals surface area (Å²) in [7, 11) is 0. The SMILES string of the molecule is Cc1cc(CO)cc(C)c1CNc1ncc(F)cn1. The highest BCUT2D eigenvalue weighted by atomic mass is 19.1. The van der Waals surface area contributed by atoms with E-state index in [9.17, 15) is 4.39 Å². The van der Waals surface area contributed by atoms with Gasteiger partial charge in [-0.15, -0.1) is 0 Å². The summed E-state index contributed by atoms with van der Waals surface area (Å²) in [4.78, 5) is 7.70. The fourth-order valence-electron chi connectivity index (χ4n) is 2.02. The minimum absolute atomic E-state index is 0.0382. The molecule has 0 bridgehead atoms. The Bertz CT molecular complexity index is 546. The lowest BCUT2D eigenvalue weighted by atomic mass is 9.99. The molecule has 4 nitrogen and oxygen atoms in total. The Kier molecular flexibility index (Phi) is 4.06. The number of nitrogens with one attached hydrogen (secondary N) is 1. The third kappa shape index (κ3) is 3.26. The fraction of sp³-hybridized carbons (Fsp3) is 0.286. The minimum atomic E-state index is -0.454. The van der Waals surface area contributed by atoms with Gasteiger partial charge in [0.15, 0.2) is 5.82 Å². The van der Waals surface area contributed by atoms with Crippen LogP contribution in [0.1, 0.15) is 22.3 Å². The van der Waals surface area contributed by atoms with Gasteiger partial charge in [-0.05, 0) is 36.1 Å². The zero-order chi connectivity index (χ0) is 13.8. The van der Waals surface area contributed by atoms with Crippen LogP contribution in [0.4, 0.5) is 10.3 Å². The van der Waals surface area contributed by atoms with E-state index < -0.39 is 5.82 Å². The van der Waals surface area contributed by atoms with Crippen LogP contribution in [0.25, 0.3) is 0 Å². The summed E-state index contributed by atoms with van der Waals surface area (Å²) in [5, 5.41) is 12.2. The third-order valence-electron chi connectivity index (χ3n) is 2.98. The summed E-state index contributed by atoms with van der Waals surface area (Å²) in [6.45, 7) is 4.59. The van der Waals surface area contributed by atoms with Gasteiger partial charge in [0, 0.05) is 6.54 Å². The predicted octanol–water partition coefficient (Wildman–Crippen LogP) is 2.34. The van der Waals surface area contributed by atoms with Gasteiger partial charge in [0.2, 0.25) is 5.95 Å². The van der Waals surface area contributed by atoms with Gasteiger partial charge in [-0.25, -0.2) is 14.4 Å². The maximum atomic E-state index is 12.7. The molecule has 0 aliphatic heterocycles. The lowest BCUT2D eigenvalue weighted by molar-refractivity contribution is 0.281. The standard InChI is InChI=1S/C14H16FN3O/c1-9-3-11(8-19)4-10(2)13(9)7-18-14-16-5-12(15)6-17-14/h3-6,19H,7-8H2,1-2H3,(H,16,17,18). The van der Waals surface area contributed by atoms with Crippen LogP contribution >= 0.6 is 0 Å². The van der Waals surface area contributed by atoms with Crippen molar-refractivity contribution in [2.75, 3.05) is 5.32 Å². The second-order valence-corrected chi connectivity index (χ2v) is 4.44. The number of benzene rings is 1. The first-order valence-electron chi connectivity index (χ1n) is 6.01. The van der Waals surface area contributed by atoms with Gasteiger partial charge < -0.3 is 10.4 Å². The molecule has 0 unspecified atom stereocenters. The van der Waals surface area contributed by atoms with E-state index in [0.29, 0.717) is 12.5 Å². The van der Waals surface area contributed by atoms with Crippen molar-refractivity contribution in [2.45, 2.75) is 27.0 Å². The number of aliphatic hydroxyl groups is 1. The molecule has 0 fully saturated rings. The Morgan fingerprint density at radius 3 is 2.26 bits per heavy atom. The van der Waals surface area contributed by atoms with Crippen molar-refractivity contribution >= 4 is 5.95 Å². The molecule has 5 heteroatoms. The largest absolute Gasteiger partial charge is 0.392 e. The van der Waals surface area contributed by atoms with Crippen LogP contribution in [0.5, 0.6) is 0 Å². The van der Waals surface area contributed by atoms with Crippen LogP contribution in [0.3, 0.4) is 0 Å². The van der Waals surface area contributed by atoms with Crippen molar-refractivity contribution in [3.63, 3.8) is 0 Å². The fourth-order valence-corrected chi connectivity index (χ4v) is 2.02. The Morgan fingerprint density at radius 2 is 1.74 bits per heavy atom. The molecule has 2 N–H and O–H groups in total. The van der Waals surface area contributed by atoms with E-state index in [1.54, 1.807) is 0 Å². The van der Waals surface area contributed by atoms with E-state index in [2.05, 4.69) is 15.3 Å². The van der Waals surface area contributed by atoms with Crippen molar-refractivity contribution in [3.8, 4) is 0 Å². The number of nitrogens with zero attached hydrogens (tertiary/aromatic N) is 2. The van der Waals surface area contributed by atoms with Crippen LogP contribution in [0.2, 0.25) is 0 Å². The highest BCUT2D eigenvalue weighted by Gasteiger charge is 2.06. The Hall–Kier alpha value is -2.01. The predicted molar refractivity (Wildman–Crippen MR) is 71.2 cm³/mol. The molecule has 0 atom stereocenters. The molecule has 1 aromatic carbocycles. The van der Waals surface area contributed by atoms with Crippen LogP contribution in [-0.4, -0.2) is 15.1 Å². The van der Waals surface area contributed by atoms with Crippen molar-refractivity contribution in [1.82, 2.24) is 9.97 Å². The second-order valence-electron chi connectivity index (χ2n) is 4.44. The zero-order valence-electron chi connectivity index (χ0n) is 10.9. The van der Waals surface area contributed by atoms with Gasteiger partial charge >= 0.3 is 0 Å².